The van der Waals surface area contributed by atoms with Gasteiger partial charge in [0.15, 0.2) is 0 Å². The first-order chi connectivity index (χ1) is 8.70. The highest BCUT2D eigenvalue weighted by Crippen LogP contribution is 2.34. The summed E-state index contributed by atoms with van der Waals surface area (Å²) in [5.41, 5.74) is 1.25. The maximum absolute atomic E-state index is 4.61. The van der Waals surface area contributed by atoms with Crippen LogP contribution in [0.4, 0.5) is 0 Å². The molecule has 3 heteroatoms. The summed E-state index contributed by atoms with van der Waals surface area (Å²) in [6.45, 7) is 7.65. The Morgan fingerprint density at radius 2 is 2.22 bits per heavy atom. The van der Waals surface area contributed by atoms with E-state index in [4.69, 9.17) is 0 Å². The largest absolute Gasteiger partial charge is 0.314 e. The third-order valence-corrected chi connectivity index (χ3v) is 3.80. The molecule has 0 saturated heterocycles. The quantitative estimate of drug-likeness (QED) is 0.767. The average Bonchev–Trinajstić information content (AvgIpc) is 3.07. The number of hydrogen-bond acceptors (Lipinski definition) is 2. The van der Waals surface area contributed by atoms with E-state index in [1.165, 1.54) is 31.4 Å². The summed E-state index contributed by atoms with van der Waals surface area (Å²) in [6.07, 6.45) is 8.63. The maximum atomic E-state index is 4.61. The molecule has 1 atom stereocenters. The van der Waals surface area contributed by atoms with Crippen LogP contribution in [-0.4, -0.2) is 22.4 Å². The number of nitrogens with one attached hydrogen (secondary N) is 1. The summed E-state index contributed by atoms with van der Waals surface area (Å²) in [5.74, 6) is 0.957. The Labute approximate surface area is 111 Å². The molecule has 0 spiro atoms. The molecule has 102 valence electrons. The second-order valence-corrected chi connectivity index (χ2v) is 5.77. The van der Waals surface area contributed by atoms with Gasteiger partial charge in [-0.3, -0.25) is 4.68 Å². The standard InChI is InChI=1S/C15H27N3/c1-4-16-15(13-8-9-13)7-5-6-14-10-11-18(17-14)12(2)3/h10-13,15-16H,4-9H2,1-3H3. The lowest BCUT2D eigenvalue weighted by Crippen LogP contribution is -2.30. The number of rotatable bonds is 8. The molecule has 1 aromatic heterocycles. The van der Waals surface area contributed by atoms with Gasteiger partial charge in [-0.25, -0.2) is 0 Å². The van der Waals surface area contributed by atoms with Gasteiger partial charge in [-0.15, -0.1) is 0 Å². The minimum atomic E-state index is 0.472. The number of hydrogen-bond donors (Lipinski definition) is 1. The van der Waals surface area contributed by atoms with Gasteiger partial charge >= 0.3 is 0 Å². The topological polar surface area (TPSA) is 29.9 Å². The van der Waals surface area contributed by atoms with Gasteiger partial charge in [0.1, 0.15) is 0 Å². The van der Waals surface area contributed by atoms with E-state index in [-0.39, 0.29) is 0 Å². The monoisotopic (exact) mass is 249 g/mol. The molecule has 1 heterocycles. The van der Waals surface area contributed by atoms with Gasteiger partial charge in [0.2, 0.25) is 0 Å². The summed E-state index contributed by atoms with van der Waals surface area (Å²) < 4.78 is 2.05. The smallest absolute Gasteiger partial charge is 0.0624 e. The van der Waals surface area contributed by atoms with E-state index in [1.54, 1.807) is 0 Å². The van der Waals surface area contributed by atoms with Crippen LogP contribution in [0.5, 0.6) is 0 Å². The highest BCUT2D eigenvalue weighted by atomic mass is 15.3. The van der Waals surface area contributed by atoms with Crippen molar-refractivity contribution in [3.05, 3.63) is 18.0 Å². The molecule has 1 N–H and O–H groups in total. The zero-order valence-corrected chi connectivity index (χ0v) is 12.0. The van der Waals surface area contributed by atoms with E-state index >= 15 is 0 Å². The van der Waals surface area contributed by atoms with Gasteiger partial charge in [0.05, 0.1) is 5.69 Å². The highest BCUT2D eigenvalue weighted by Gasteiger charge is 2.29. The Morgan fingerprint density at radius 3 is 2.78 bits per heavy atom. The first-order valence-electron chi connectivity index (χ1n) is 7.48. The first kappa shape index (κ1) is 13.6. The molecular formula is C15H27N3. The van der Waals surface area contributed by atoms with Crippen LogP contribution in [0.15, 0.2) is 12.3 Å². The molecule has 1 fully saturated rings. The van der Waals surface area contributed by atoms with Gasteiger partial charge in [0, 0.05) is 18.3 Å². The molecular weight excluding hydrogens is 222 g/mol. The van der Waals surface area contributed by atoms with Crippen molar-refractivity contribution in [2.24, 2.45) is 5.92 Å². The average molecular weight is 249 g/mol. The van der Waals surface area contributed by atoms with Crippen LogP contribution in [0.3, 0.4) is 0 Å². The highest BCUT2D eigenvalue weighted by molar-refractivity contribution is 5.00. The molecule has 0 aliphatic heterocycles. The second kappa shape index (κ2) is 6.37. The van der Waals surface area contributed by atoms with Crippen molar-refractivity contribution in [3.63, 3.8) is 0 Å². The normalized spacial score (nSPS) is 17.3. The summed E-state index contributed by atoms with van der Waals surface area (Å²) in [6, 6.07) is 3.39. The van der Waals surface area contributed by atoms with Crippen LogP contribution in [0.25, 0.3) is 0 Å². The van der Waals surface area contributed by atoms with E-state index in [9.17, 15) is 0 Å². The van der Waals surface area contributed by atoms with Crippen molar-refractivity contribution < 1.29 is 0 Å². The maximum Gasteiger partial charge on any atom is 0.0624 e. The minimum Gasteiger partial charge on any atom is -0.314 e. The van der Waals surface area contributed by atoms with E-state index in [2.05, 4.69) is 48.1 Å². The van der Waals surface area contributed by atoms with Gasteiger partial charge in [0.25, 0.3) is 0 Å². The van der Waals surface area contributed by atoms with Crippen LogP contribution < -0.4 is 5.32 Å². The lowest BCUT2D eigenvalue weighted by atomic mass is 10.0. The third kappa shape index (κ3) is 3.84. The molecule has 1 aliphatic carbocycles. The van der Waals surface area contributed by atoms with Crippen molar-refractivity contribution in [1.82, 2.24) is 15.1 Å². The first-order valence-corrected chi connectivity index (χ1v) is 7.48. The summed E-state index contributed by atoms with van der Waals surface area (Å²) in [5, 5.41) is 8.24. The van der Waals surface area contributed by atoms with Crippen LogP contribution >= 0.6 is 0 Å². The fraction of sp³-hybridized carbons (Fsp3) is 0.800. The molecule has 1 saturated carbocycles. The summed E-state index contributed by atoms with van der Waals surface area (Å²) in [7, 11) is 0. The van der Waals surface area contributed by atoms with Crippen molar-refractivity contribution in [1.29, 1.82) is 0 Å². The molecule has 1 unspecified atom stereocenters. The van der Waals surface area contributed by atoms with Gasteiger partial charge in [-0.05, 0) is 64.5 Å². The molecule has 0 radical (unpaired) electrons. The number of nitrogens with zero attached hydrogens (tertiary/aromatic N) is 2. The number of aryl methyl sites for hydroxylation is 1. The zero-order valence-electron chi connectivity index (χ0n) is 12.0. The Bertz CT molecular complexity index is 352. The molecule has 3 nitrogen and oxygen atoms in total. The van der Waals surface area contributed by atoms with E-state index in [0.29, 0.717) is 6.04 Å². The Balaban J connectivity index is 1.73. The SMILES string of the molecule is CCNC(CCCc1ccn(C(C)C)n1)C1CC1. The fourth-order valence-electron chi connectivity index (χ4n) is 2.57. The van der Waals surface area contributed by atoms with Crippen molar-refractivity contribution >= 4 is 0 Å². The van der Waals surface area contributed by atoms with Crippen LogP contribution in [0.1, 0.15) is 58.2 Å². The predicted molar refractivity (Wildman–Crippen MR) is 75.7 cm³/mol. The summed E-state index contributed by atoms with van der Waals surface area (Å²) >= 11 is 0. The lowest BCUT2D eigenvalue weighted by molar-refractivity contribution is 0.432. The van der Waals surface area contributed by atoms with Gasteiger partial charge in [-0.1, -0.05) is 6.92 Å². The summed E-state index contributed by atoms with van der Waals surface area (Å²) in [4.78, 5) is 0. The van der Waals surface area contributed by atoms with Gasteiger partial charge < -0.3 is 5.32 Å². The Kier molecular flexibility index (Phi) is 4.81. The Morgan fingerprint density at radius 1 is 1.44 bits per heavy atom. The van der Waals surface area contributed by atoms with Crippen LogP contribution in [-0.2, 0) is 6.42 Å². The van der Waals surface area contributed by atoms with Crippen molar-refractivity contribution in [2.45, 2.75) is 65.0 Å². The van der Waals surface area contributed by atoms with E-state index in [1.807, 2.05) is 0 Å². The van der Waals surface area contributed by atoms with Gasteiger partial charge in [-0.2, -0.15) is 5.10 Å². The lowest BCUT2D eigenvalue weighted by Gasteiger charge is -2.16. The second-order valence-electron chi connectivity index (χ2n) is 5.77. The molecule has 2 rings (SSSR count). The zero-order chi connectivity index (χ0) is 13.0. The molecule has 0 amide bonds. The fourth-order valence-corrected chi connectivity index (χ4v) is 2.57. The molecule has 1 aromatic rings. The third-order valence-electron chi connectivity index (χ3n) is 3.80. The van der Waals surface area contributed by atoms with Crippen LogP contribution in [0, 0.1) is 5.92 Å². The molecule has 0 aromatic carbocycles. The van der Waals surface area contributed by atoms with E-state index in [0.717, 1.165) is 24.9 Å². The number of aromatic nitrogens is 2. The molecule has 18 heavy (non-hydrogen) atoms. The Hall–Kier alpha value is -0.830. The molecule has 0 bridgehead atoms. The van der Waals surface area contributed by atoms with Crippen LogP contribution in [0.2, 0.25) is 0 Å². The molecule has 1 aliphatic rings. The van der Waals surface area contributed by atoms with E-state index < -0.39 is 0 Å². The minimum absolute atomic E-state index is 0.472. The predicted octanol–water partition coefficient (Wildman–Crippen LogP) is 3.17. The van der Waals surface area contributed by atoms with Crippen molar-refractivity contribution in [3.8, 4) is 0 Å². The van der Waals surface area contributed by atoms with Crippen molar-refractivity contribution in [2.75, 3.05) is 6.54 Å².